The van der Waals surface area contributed by atoms with Gasteiger partial charge in [-0.2, -0.15) is 0 Å². The number of carbonyl (C=O) groups excluding carboxylic acids is 1. The minimum absolute atomic E-state index is 0.125. The summed E-state index contributed by atoms with van der Waals surface area (Å²) < 4.78 is 36.1. The zero-order valence-corrected chi connectivity index (χ0v) is 14.4. The van der Waals surface area contributed by atoms with E-state index in [4.69, 9.17) is 16.2 Å². The van der Waals surface area contributed by atoms with Gasteiger partial charge in [-0.1, -0.05) is 0 Å². The normalized spacial score (nSPS) is 11.6. The van der Waals surface area contributed by atoms with Gasteiger partial charge in [0.25, 0.3) is 11.3 Å². The highest BCUT2D eigenvalue weighted by Gasteiger charge is 2.25. The number of nitrogens with two attached hydrogens (primary N) is 1. The number of carbonyl (C=O) groups is 2. The number of amides is 1. The van der Waals surface area contributed by atoms with Gasteiger partial charge in [-0.25, -0.2) is 22.7 Å². The SMILES string of the molecule is N=C(N)CC(=O)Nc1ccc(N(c2scnc2C(=O)O)S(=O)O)cc1F. The second kappa shape index (κ2) is 7.99. The molecule has 1 unspecified atom stereocenters. The molecular weight excluding hydrogens is 389 g/mol. The lowest BCUT2D eigenvalue weighted by atomic mass is 10.2. The standard InChI is InChI=1S/C13H12FN5O5S2/c14-7-3-6(1-2-8(7)18-10(20)4-9(15)16)19(26(23)24)12-11(13(21)22)17-5-25-12/h1-3,5H,4H2,(H3,15,16)(H,18,20)(H,21,22)(H,23,24). The lowest BCUT2D eigenvalue weighted by Crippen LogP contribution is -2.22. The Morgan fingerprint density at radius 1 is 1.46 bits per heavy atom. The third-order valence-electron chi connectivity index (χ3n) is 2.90. The first-order valence-electron chi connectivity index (χ1n) is 6.71. The number of hydrogen-bond acceptors (Lipinski definition) is 6. The Hall–Kier alpha value is -2.90. The second-order valence-electron chi connectivity index (χ2n) is 4.75. The maximum Gasteiger partial charge on any atom is 0.357 e. The van der Waals surface area contributed by atoms with Gasteiger partial charge in [-0.05, 0) is 12.1 Å². The molecule has 13 heteroatoms. The Labute approximate surface area is 152 Å². The van der Waals surface area contributed by atoms with Crippen molar-refractivity contribution in [2.45, 2.75) is 6.42 Å². The van der Waals surface area contributed by atoms with Crippen LogP contribution >= 0.6 is 11.3 Å². The Morgan fingerprint density at radius 3 is 2.69 bits per heavy atom. The molecule has 1 atom stereocenters. The van der Waals surface area contributed by atoms with Crippen molar-refractivity contribution >= 4 is 56.7 Å². The molecule has 1 amide bonds. The molecule has 26 heavy (non-hydrogen) atoms. The van der Waals surface area contributed by atoms with Crippen molar-refractivity contribution in [1.82, 2.24) is 4.98 Å². The number of amidine groups is 1. The maximum atomic E-state index is 14.2. The first-order chi connectivity index (χ1) is 12.2. The fraction of sp³-hybridized carbons (Fsp3) is 0.0769. The van der Waals surface area contributed by atoms with Crippen molar-refractivity contribution in [1.29, 1.82) is 5.41 Å². The molecule has 10 nitrogen and oxygen atoms in total. The van der Waals surface area contributed by atoms with Crippen LogP contribution in [0.5, 0.6) is 0 Å². The van der Waals surface area contributed by atoms with Crippen LogP contribution in [0.25, 0.3) is 0 Å². The number of aromatic carboxylic acids is 1. The highest BCUT2D eigenvalue weighted by atomic mass is 32.2. The number of rotatable bonds is 7. The first-order valence-corrected chi connectivity index (χ1v) is 8.65. The average Bonchev–Trinajstić information content (AvgIpc) is 2.98. The maximum absolute atomic E-state index is 14.2. The van der Waals surface area contributed by atoms with Crippen LogP contribution in [0.2, 0.25) is 0 Å². The predicted octanol–water partition coefficient (Wildman–Crippen LogP) is 1.52. The first kappa shape index (κ1) is 19.4. The number of carboxylic acid groups (broad SMARTS) is 1. The van der Waals surface area contributed by atoms with Crippen LogP contribution in [0.3, 0.4) is 0 Å². The molecule has 1 aromatic heterocycles. The highest BCUT2D eigenvalue weighted by Crippen LogP contribution is 2.34. The largest absolute Gasteiger partial charge is 0.476 e. The van der Waals surface area contributed by atoms with Crippen LogP contribution in [0.1, 0.15) is 16.9 Å². The number of carboxylic acids is 1. The van der Waals surface area contributed by atoms with E-state index in [1.165, 1.54) is 11.6 Å². The van der Waals surface area contributed by atoms with E-state index in [1.54, 1.807) is 0 Å². The Morgan fingerprint density at radius 2 is 2.15 bits per heavy atom. The summed E-state index contributed by atoms with van der Waals surface area (Å²) in [5.74, 6) is -3.45. The van der Waals surface area contributed by atoms with Crippen LogP contribution in [0.4, 0.5) is 20.8 Å². The van der Waals surface area contributed by atoms with Gasteiger partial charge in [-0.3, -0.25) is 14.8 Å². The molecule has 0 fully saturated rings. The molecule has 1 aromatic carbocycles. The van der Waals surface area contributed by atoms with Gasteiger partial charge in [0.1, 0.15) is 16.7 Å². The van der Waals surface area contributed by atoms with Crippen LogP contribution < -0.4 is 15.4 Å². The minimum atomic E-state index is -2.70. The van der Waals surface area contributed by atoms with E-state index in [0.717, 1.165) is 23.5 Å². The lowest BCUT2D eigenvalue weighted by Gasteiger charge is -2.19. The Bertz CT molecular complexity index is 903. The van der Waals surface area contributed by atoms with Crippen molar-refractivity contribution in [2.24, 2.45) is 5.73 Å². The summed E-state index contributed by atoms with van der Waals surface area (Å²) in [6, 6.07) is 3.19. The van der Waals surface area contributed by atoms with Gasteiger partial charge in [0.15, 0.2) is 5.69 Å². The average molecular weight is 401 g/mol. The van der Waals surface area contributed by atoms with E-state index in [9.17, 15) is 22.7 Å². The van der Waals surface area contributed by atoms with Crippen LogP contribution in [-0.4, -0.2) is 36.6 Å². The van der Waals surface area contributed by atoms with E-state index in [-0.39, 0.29) is 16.4 Å². The summed E-state index contributed by atoms with van der Waals surface area (Å²) in [6.07, 6.45) is -0.420. The molecule has 0 aliphatic heterocycles. The van der Waals surface area contributed by atoms with Gasteiger partial charge in [0.2, 0.25) is 5.91 Å². The van der Waals surface area contributed by atoms with Gasteiger partial charge in [0.05, 0.1) is 23.3 Å². The van der Waals surface area contributed by atoms with Gasteiger partial charge in [0, 0.05) is 6.07 Å². The number of anilines is 3. The Kier molecular flexibility index (Phi) is 5.97. The highest BCUT2D eigenvalue weighted by molar-refractivity contribution is 7.81. The minimum Gasteiger partial charge on any atom is -0.476 e. The fourth-order valence-electron chi connectivity index (χ4n) is 1.91. The van der Waals surface area contributed by atoms with Crippen molar-refractivity contribution in [3.8, 4) is 0 Å². The quantitative estimate of drug-likeness (QED) is 0.266. The molecule has 0 radical (unpaired) electrons. The summed E-state index contributed by atoms with van der Waals surface area (Å²) >= 11 is -1.91. The molecule has 0 bridgehead atoms. The van der Waals surface area contributed by atoms with Gasteiger partial charge in [-0.15, -0.1) is 11.3 Å². The lowest BCUT2D eigenvalue weighted by molar-refractivity contribution is -0.115. The van der Waals surface area contributed by atoms with Crippen molar-refractivity contribution in [3.05, 3.63) is 35.2 Å². The number of nitrogens with zero attached hydrogens (tertiary/aromatic N) is 2. The summed E-state index contributed by atoms with van der Waals surface area (Å²) in [6.45, 7) is 0. The topological polar surface area (TPSA) is 170 Å². The molecule has 0 saturated heterocycles. The van der Waals surface area contributed by atoms with E-state index in [0.29, 0.717) is 4.31 Å². The zero-order valence-electron chi connectivity index (χ0n) is 12.8. The van der Waals surface area contributed by atoms with E-state index >= 15 is 0 Å². The molecule has 2 rings (SSSR count). The Balaban J connectivity index is 2.36. The molecule has 0 aliphatic rings. The van der Waals surface area contributed by atoms with E-state index < -0.39 is 46.9 Å². The van der Waals surface area contributed by atoms with E-state index in [2.05, 4.69) is 10.3 Å². The number of hydrogen-bond donors (Lipinski definition) is 5. The monoisotopic (exact) mass is 401 g/mol. The zero-order chi connectivity index (χ0) is 19.4. The smallest absolute Gasteiger partial charge is 0.357 e. The predicted molar refractivity (Wildman–Crippen MR) is 93.5 cm³/mol. The van der Waals surface area contributed by atoms with Crippen LogP contribution in [-0.2, 0) is 16.1 Å². The second-order valence-corrected chi connectivity index (χ2v) is 6.41. The molecule has 138 valence electrons. The van der Waals surface area contributed by atoms with Crippen LogP contribution in [0.15, 0.2) is 23.7 Å². The molecular formula is C13H12FN5O5S2. The van der Waals surface area contributed by atoms with Crippen molar-refractivity contribution in [3.63, 3.8) is 0 Å². The number of nitrogens with one attached hydrogen (secondary N) is 2. The summed E-state index contributed by atoms with van der Waals surface area (Å²) in [4.78, 5) is 26.3. The van der Waals surface area contributed by atoms with Gasteiger partial charge < -0.3 is 16.2 Å². The molecule has 2 aromatic rings. The number of thiazole rings is 1. The molecule has 1 heterocycles. The number of benzene rings is 1. The van der Waals surface area contributed by atoms with Crippen LogP contribution in [0, 0.1) is 11.2 Å². The summed E-state index contributed by atoms with van der Waals surface area (Å²) in [5.41, 5.74) is 5.44. The fourth-order valence-corrected chi connectivity index (χ4v) is 3.46. The molecule has 0 saturated carbocycles. The van der Waals surface area contributed by atoms with Gasteiger partial charge >= 0.3 is 5.97 Å². The molecule has 6 N–H and O–H groups in total. The number of halogens is 1. The van der Waals surface area contributed by atoms with Crippen molar-refractivity contribution in [2.75, 3.05) is 9.62 Å². The van der Waals surface area contributed by atoms with Crippen molar-refractivity contribution < 1.29 is 27.8 Å². The summed E-state index contributed by atoms with van der Waals surface area (Å²) in [5, 5.41) is 18.2. The third kappa shape index (κ3) is 4.38. The molecule has 0 spiro atoms. The third-order valence-corrected chi connectivity index (χ3v) is 4.54. The van der Waals surface area contributed by atoms with E-state index in [1.807, 2.05) is 0 Å². The molecule has 0 aliphatic carbocycles. The summed E-state index contributed by atoms with van der Waals surface area (Å²) in [7, 11) is 0. The number of aromatic nitrogens is 1.